The summed E-state index contributed by atoms with van der Waals surface area (Å²) in [5.41, 5.74) is 0.224. The van der Waals surface area contributed by atoms with E-state index in [-0.39, 0.29) is 23.4 Å². The van der Waals surface area contributed by atoms with Crippen LogP contribution in [-0.4, -0.2) is 54.5 Å². The van der Waals surface area contributed by atoms with E-state index in [1.54, 1.807) is 17.0 Å². The lowest BCUT2D eigenvalue weighted by Crippen LogP contribution is -2.51. The molecule has 2 heterocycles. The zero-order chi connectivity index (χ0) is 14.5. The molecule has 1 aromatic rings. The van der Waals surface area contributed by atoms with Gasteiger partial charge in [0.1, 0.15) is 5.56 Å². The number of ether oxygens (including phenoxy) is 1. The summed E-state index contributed by atoms with van der Waals surface area (Å²) in [6, 6.07) is 3.34. The number of alkyl halides is 2. The first kappa shape index (κ1) is 14.6. The minimum absolute atomic E-state index is 0.0380. The fourth-order valence-corrected chi connectivity index (χ4v) is 2.10. The minimum Gasteiger partial charge on any atom is -0.471 e. The zero-order valence-corrected chi connectivity index (χ0v) is 11.2. The molecule has 5 nitrogen and oxygen atoms in total. The number of hydrogen-bond donors (Lipinski definition) is 1. The third-order valence-electron chi connectivity index (χ3n) is 3.00. The number of carbonyl (C=O) groups is 1. The van der Waals surface area contributed by atoms with Gasteiger partial charge in [0.25, 0.3) is 12.3 Å². The second kappa shape index (κ2) is 6.60. The highest BCUT2D eigenvalue weighted by molar-refractivity contribution is 5.96. The van der Waals surface area contributed by atoms with Crippen LogP contribution in [0.3, 0.4) is 0 Å². The van der Waals surface area contributed by atoms with E-state index >= 15 is 0 Å². The molecule has 1 N–H and O–H groups in total. The fraction of sp³-hybridized carbons (Fsp3) is 0.538. The second-order valence-corrected chi connectivity index (χ2v) is 4.66. The molecule has 20 heavy (non-hydrogen) atoms. The van der Waals surface area contributed by atoms with Gasteiger partial charge >= 0.3 is 0 Å². The van der Waals surface area contributed by atoms with Crippen molar-refractivity contribution in [3.05, 3.63) is 23.9 Å². The Balaban J connectivity index is 2.12. The Hall–Kier alpha value is -1.76. The van der Waals surface area contributed by atoms with Gasteiger partial charge in [-0.15, -0.1) is 0 Å². The molecule has 1 amide bonds. The second-order valence-electron chi connectivity index (χ2n) is 4.66. The van der Waals surface area contributed by atoms with E-state index in [0.29, 0.717) is 19.6 Å². The van der Waals surface area contributed by atoms with Gasteiger partial charge in [-0.05, 0) is 19.1 Å². The highest BCUT2D eigenvalue weighted by atomic mass is 19.3. The molecule has 0 saturated carbocycles. The van der Waals surface area contributed by atoms with Crippen LogP contribution in [0.5, 0.6) is 5.88 Å². The molecule has 0 radical (unpaired) electrons. The van der Waals surface area contributed by atoms with Crippen molar-refractivity contribution in [3.8, 4) is 5.88 Å². The molecule has 1 aliphatic heterocycles. The number of nitrogens with one attached hydrogen (secondary N) is 1. The molecule has 0 bridgehead atoms. The van der Waals surface area contributed by atoms with Gasteiger partial charge in [0.15, 0.2) is 6.61 Å². The summed E-state index contributed by atoms with van der Waals surface area (Å²) in [7, 11) is 0. The van der Waals surface area contributed by atoms with Crippen LogP contribution in [0.4, 0.5) is 8.78 Å². The molecule has 1 aliphatic rings. The molecule has 2 rings (SSSR count). The van der Waals surface area contributed by atoms with E-state index in [1.807, 2.05) is 6.92 Å². The van der Waals surface area contributed by atoms with E-state index < -0.39 is 13.0 Å². The molecule has 1 atom stereocenters. The first-order valence-corrected chi connectivity index (χ1v) is 6.46. The van der Waals surface area contributed by atoms with Crippen molar-refractivity contribution in [1.29, 1.82) is 0 Å². The fourth-order valence-electron chi connectivity index (χ4n) is 2.10. The SMILES string of the molecule is C[C@@H]1CN(C(=O)c2cccnc2OCC(F)F)CCN1. The Kier molecular flexibility index (Phi) is 4.84. The van der Waals surface area contributed by atoms with E-state index in [0.717, 1.165) is 0 Å². The zero-order valence-electron chi connectivity index (χ0n) is 11.2. The normalized spacial score (nSPS) is 19.2. The summed E-state index contributed by atoms with van der Waals surface area (Å²) in [5.74, 6) is -0.278. The number of nitrogens with zero attached hydrogens (tertiary/aromatic N) is 2. The predicted molar refractivity (Wildman–Crippen MR) is 69.1 cm³/mol. The molecule has 110 valence electrons. The van der Waals surface area contributed by atoms with Crippen molar-refractivity contribution in [1.82, 2.24) is 15.2 Å². The number of amides is 1. The van der Waals surface area contributed by atoms with Gasteiger partial charge in [-0.1, -0.05) is 0 Å². The third-order valence-corrected chi connectivity index (χ3v) is 3.00. The molecule has 1 saturated heterocycles. The number of aromatic nitrogens is 1. The average molecular weight is 285 g/mol. The van der Waals surface area contributed by atoms with Crippen LogP contribution in [0.1, 0.15) is 17.3 Å². The Morgan fingerprint density at radius 1 is 1.65 bits per heavy atom. The Bertz CT molecular complexity index is 471. The van der Waals surface area contributed by atoms with Gasteiger partial charge in [-0.3, -0.25) is 4.79 Å². The van der Waals surface area contributed by atoms with Crippen LogP contribution in [0.2, 0.25) is 0 Å². The van der Waals surface area contributed by atoms with Crippen LogP contribution >= 0.6 is 0 Å². The first-order chi connectivity index (χ1) is 9.58. The van der Waals surface area contributed by atoms with Crippen molar-refractivity contribution in [2.24, 2.45) is 0 Å². The summed E-state index contributed by atoms with van der Waals surface area (Å²) >= 11 is 0. The predicted octanol–water partition coefficient (Wildman–Crippen LogP) is 1.16. The van der Waals surface area contributed by atoms with Crippen molar-refractivity contribution in [3.63, 3.8) is 0 Å². The molecule has 7 heteroatoms. The van der Waals surface area contributed by atoms with Gasteiger partial charge < -0.3 is 15.0 Å². The molecule has 0 aromatic carbocycles. The lowest BCUT2D eigenvalue weighted by atomic mass is 10.2. The largest absolute Gasteiger partial charge is 0.471 e. The van der Waals surface area contributed by atoms with Gasteiger partial charge in [0.2, 0.25) is 5.88 Å². The van der Waals surface area contributed by atoms with Gasteiger partial charge in [-0.2, -0.15) is 0 Å². The molecule has 0 spiro atoms. The van der Waals surface area contributed by atoms with E-state index in [1.165, 1.54) is 6.20 Å². The van der Waals surface area contributed by atoms with Gasteiger partial charge in [-0.25, -0.2) is 13.8 Å². The monoisotopic (exact) mass is 285 g/mol. The molecule has 0 unspecified atom stereocenters. The topological polar surface area (TPSA) is 54.5 Å². The maximum atomic E-state index is 12.4. The quantitative estimate of drug-likeness (QED) is 0.902. The summed E-state index contributed by atoms with van der Waals surface area (Å²) < 4.78 is 29.3. The molecule has 1 fully saturated rings. The van der Waals surface area contributed by atoms with E-state index in [9.17, 15) is 13.6 Å². The molecule has 0 aliphatic carbocycles. The van der Waals surface area contributed by atoms with Crippen LogP contribution in [0, 0.1) is 0 Å². The Morgan fingerprint density at radius 3 is 3.15 bits per heavy atom. The number of carbonyl (C=O) groups excluding carboxylic acids is 1. The Labute approximate surface area is 115 Å². The summed E-state index contributed by atoms with van der Waals surface area (Å²) in [6.07, 6.45) is -1.18. The first-order valence-electron chi connectivity index (χ1n) is 6.46. The number of rotatable bonds is 4. The van der Waals surface area contributed by atoms with E-state index in [4.69, 9.17) is 4.74 Å². The molecular formula is C13H17F2N3O2. The lowest BCUT2D eigenvalue weighted by Gasteiger charge is -2.32. The lowest BCUT2D eigenvalue weighted by molar-refractivity contribution is 0.0668. The number of halogens is 2. The van der Waals surface area contributed by atoms with Gasteiger partial charge in [0, 0.05) is 31.9 Å². The number of piperazine rings is 1. The van der Waals surface area contributed by atoms with Crippen LogP contribution in [0.15, 0.2) is 18.3 Å². The van der Waals surface area contributed by atoms with Crippen LogP contribution < -0.4 is 10.1 Å². The van der Waals surface area contributed by atoms with Crippen molar-refractivity contribution < 1.29 is 18.3 Å². The van der Waals surface area contributed by atoms with Crippen molar-refractivity contribution in [2.75, 3.05) is 26.2 Å². The maximum absolute atomic E-state index is 12.4. The van der Waals surface area contributed by atoms with Crippen molar-refractivity contribution >= 4 is 5.91 Å². The number of pyridine rings is 1. The highest BCUT2D eigenvalue weighted by Crippen LogP contribution is 2.18. The highest BCUT2D eigenvalue weighted by Gasteiger charge is 2.24. The maximum Gasteiger partial charge on any atom is 0.272 e. The van der Waals surface area contributed by atoms with E-state index in [2.05, 4.69) is 10.3 Å². The summed E-state index contributed by atoms with van der Waals surface area (Å²) in [5, 5.41) is 3.23. The average Bonchev–Trinajstić information content (AvgIpc) is 2.44. The molecule has 1 aromatic heterocycles. The number of hydrogen-bond acceptors (Lipinski definition) is 4. The van der Waals surface area contributed by atoms with Crippen LogP contribution in [0.25, 0.3) is 0 Å². The van der Waals surface area contributed by atoms with Crippen LogP contribution in [-0.2, 0) is 0 Å². The minimum atomic E-state index is -2.60. The van der Waals surface area contributed by atoms with Crippen molar-refractivity contribution in [2.45, 2.75) is 19.4 Å². The third kappa shape index (κ3) is 3.63. The standard InChI is InChI=1S/C13H17F2N3O2/c1-9-7-18(6-5-16-9)13(19)10-3-2-4-17-12(10)20-8-11(14)15/h2-4,9,11,16H,5-8H2,1H3/t9-/m1/s1. The summed E-state index contributed by atoms with van der Waals surface area (Å²) in [4.78, 5) is 17.9. The smallest absolute Gasteiger partial charge is 0.272 e. The van der Waals surface area contributed by atoms with Gasteiger partial charge in [0.05, 0.1) is 0 Å². The molecular weight excluding hydrogens is 268 g/mol. The Morgan fingerprint density at radius 2 is 2.45 bits per heavy atom. The summed E-state index contributed by atoms with van der Waals surface area (Å²) in [6.45, 7) is 3.07.